The predicted octanol–water partition coefficient (Wildman–Crippen LogP) is 1.18. The number of piperidine rings is 1. The van der Waals surface area contributed by atoms with Crippen molar-refractivity contribution in [3.05, 3.63) is 0 Å². The second-order valence-electron chi connectivity index (χ2n) is 6.18. The van der Waals surface area contributed by atoms with Gasteiger partial charge in [-0.15, -0.1) is 0 Å². The molecule has 2 heterocycles. The molecule has 0 aromatic rings. The van der Waals surface area contributed by atoms with Crippen LogP contribution >= 0.6 is 0 Å². The third-order valence-corrected chi connectivity index (χ3v) is 4.70. The Morgan fingerprint density at radius 2 is 1.89 bits per heavy atom. The molecule has 1 N–H and O–H groups in total. The standard InChI is InChI=1S/C14H24N2O3/c1-14(13(18)19)6-3-7-16(14)12(17)10-11-4-8-15(2)9-5-11/h11H,3-10H2,1-2H3,(H,18,19). The van der Waals surface area contributed by atoms with E-state index in [9.17, 15) is 14.7 Å². The van der Waals surface area contributed by atoms with Crippen LogP contribution in [0.5, 0.6) is 0 Å². The minimum atomic E-state index is -0.984. The molecule has 2 aliphatic rings. The van der Waals surface area contributed by atoms with Gasteiger partial charge in [-0.05, 0) is 58.7 Å². The molecular formula is C14H24N2O3. The van der Waals surface area contributed by atoms with Gasteiger partial charge in [0.05, 0.1) is 0 Å². The lowest BCUT2D eigenvalue weighted by molar-refractivity contribution is -0.155. The Morgan fingerprint density at radius 1 is 1.26 bits per heavy atom. The van der Waals surface area contributed by atoms with E-state index in [1.165, 1.54) is 0 Å². The number of nitrogens with zero attached hydrogens (tertiary/aromatic N) is 2. The zero-order chi connectivity index (χ0) is 14.0. The van der Waals surface area contributed by atoms with Crippen molar-refractivity contribution in [3.8, 4) is 0 Å². The van der Waals surface area contributed by atoms with E-state index < -0.39 is 11.5 Å². The van der Waals surface area contributed by atoms with Gasteiger partial charge in [-0.1, -0.05) is 0 Å². The maximum Gasteiger partial charge on any atom is 0.329 e. The summed E-state index contributed by atoms with van der Waals surface area (Å²) in [6.07, 6.45) is 3.96. The molecule has 2 fully saturated rings. The Labute approximate surface area is 114 Å². The fourth-order valence-corrected chi connectivity index (χ4v) is 3.21. The number of hydrogen-bond acceptors (Lipinski definition) is 3. The van der Waals surface area contributed by atoms with E-state index in [0.717, 1.165) is 32.4 Å². The van der Waals surface area contributed by atoms with Crippen LogP contribution in [0.1, 0.15) is 39.0 Å². The molecule has 2 aliphatic heterocycles. The summed E-state index contributed by atoms with van der Waals surface area (Å²) in [6, 6.07) is 0. The van der Waals surface area contributed by atoms with Gasteiger partial charge in [-0.3, -0.25) is 4.79 Å². The summed E-state index contributed by atoms with van der Waals surface area (Å²) in [7, 11) is 2.10. The summed E-state index contributed by atoms with van der Waals surface area (Å²) < 4.78 is 0. The normalized spacial score (nSPS) is 29.7. The second kappa shape index (κ2) is 5.49. The van der Waals surface area contributed by atoms with Gasteiger partial charge in [0.25, 0.3) is 0 Å². The summed E-state index contributed by atoms with van der Waals surface area (Å²) in [5.74, 6) is -0.430. The van der Waals surface area contributed by atoms with Crippen LogP contribution in [0.15, 0.2) is 0 Å². The number of aliphatic carboxylic acids is 1. The topological polar surface area (TPSA) is 60.9 Å². The number of likely N-dealkylation sites (tertiary alicyclic amines) is 2. The molecule has 1 atom stereocenters. The first-order valence-electron chi connectivity index (χ1n) is 7.16. The summed E-state index contributed by atoms with van der Waals surface area (Å²) in [5.41, 5.74) is -0.984. The first-order chi connectivity index (χ1) is 8.93. The number of carboxylic acid groups (broad SMARTS) is 1. The van der Waals surface area contributed by atoms with Crippen LogP contribution in [0.3, 0.4) is 0 Å². The molecule has 1 amide bonds. The molecule has 0 spiro atoms. The molecule has 0 radical (unpaired) electrons. The summed E-state index contributed by atoms with van der Waals surface area (Å²) >= 11 is 0. The average molecular weight is 268 g/mol. The van der Waals surface area contributed by atoms with Crippen molar-refractivity contribution in [2.24, 2.45) is 5.92 Å². The molecule has 2 rings (SSSR count). The zero-order valence-corrected chi connectivity index (χ0v) is 11.9. The van der Waals surface area contributed by atoms with Crippen LogP contribution in [0.2, 0.25) is 0 Å². The van der Waals surface area contributed by atoms with Gasteiger partial charge in [0.2, 0.25) is 5.91 Å². The highest BCUT2D eigenvalue weighted by Crippen LogP contribution is 2.31. The third-order valence-electron chi connectivity index (χ3n) is 4.70. The van der Waals surface area contributed by atoms with Crippen LogP contribution in [-0.4, -0.2) is 59.0 Å². The van der Waals surface area contributed by atoms with Gasteiger partial charge in [0, 0.05) is 13.0 Å². The highest BCUT2D eigenvalue weighted by atomic mass is 16.4. The Morgan fingerprint density at radius 3 is 2.47 bits per heavy atom. The molecule has 5 nitrogen and oxygen atoms in total. The van der Waals surface area contributed by atoms with E-state index in [0.29, 0.717) is 25.3 Å². The van der Waals surface area contributed by atoms with E-state index in [-0.39, 0.29) is 5.91 Å². The fourth-order valence-electron chi connectivity index (χ4n) is 3.21. The minimum Gasteiger partial charge on any atom is -0.480 e. The minimum absolute atomic E-state index is 0.0250. The van der Waals surface area contributed by atoms with Crippen LogP contribution in [0.4, 0.5) is 0 Å². The third kappa shape index (κ3) is 2.91. The Kier molecular flexibility index (Phi) is 4.13. The molecule has 0 aromatic carbocycles. The van der Waals surface area contributed by atoms with Crippen LogP contribution < -0.4 is 0 Å². The molecule has 108 valence electrons. The summed E-state index contributed by atoms with van der Waals surface area (Å²) in [6.45, 7) is 4.34. The second-order valence-corrected chi connectivity index (χ2v) is 6.18. The SMILES string of the molecule is CN1CCC(CC(=O)N2CCCC2(C)C(=O)O)CC1. The Balaban J connectivity index is 1.94. The maximum absolute atomic E-state index is 12.4. The highest BCUT2D eigenvalue weighted by molar-refractivity contribution is 5.87. The fraction of sp³-hybridized carbons (Fsp3) is 0.857. The summed E-state index contributed by atoms with van der Waals surface area (Å²) in [5, 5.41) is 9.33. The van der Waals surface area contributed by atoms with Crippen molar-refractivity contribution < 1.29 is 14.7 Å². The molecule has 2 saturated heterocycles. The van der Waals surface area contributed by atoms with E-state index in [1.54, 1.807) is 11.8 Å². The lowest BCUT2D eigenvalue weighted by atomic mass is 9.92. The average Bonchev–Trinajstić information content (AvgIpc) is 2.76. The number of carbonyl (C=O) groups is 2. The van der Waals surface area contributed by atoms with Gasteiger partial charge in [-0.2, -0.15) is 0 Å². The number of rotatable bonds is 3. The van der Waals surface area contributed by atoms with Crippen molar-refractivity contribution in [1.82, 2.24) is 9.80 Å². The lowest BCUT2D eigenvalue weighted by Gasteiger charge is -2.34. The van der Waals surface area contributed by atoms with Crippen LogP contribution in [-0.2, 0) is 9.59 Å². The van der Waals surface area contributed by atoms with Gasteiger partial charge in [-0.25, -0.2) is 4.79 Å². The number of carboxylic acids is 1. The van der Waals surface area contributed by atoms with Gasteiger partial charge in [0.1, 0.15) is 5.54 Å². The lowest BCUT2D eigenvalue weighted by Crippen LogP contribution is -2.51. The molecule has 1 unspecified atom stereocenters. The van der Waals surface area contributed by atoms with Crippen molar-refractivity contribution in [1.29, 1.82) is 0 Å². The molecule has 0 bridgehead atoms. The van der Waals surface area contributed by atoms with Crippen molar-refractivity contribution >= 4 is 11.9 Å². The van der Waals surface area contributed by atoms with Gasteiger partial charge >= 0.3 is 5.97 Å². The Hall–Kier alpha value is -1.10. The number of hydrogen-bond donors (Lipinski definition) is 1. The molecule has 19 heavy (non-hydrogen) atoms. The first kappa shape index (κ1) is 14.3. The van der Waals surface area contributed by atoms with E-state index >= 15 is 0 Å². The zero-order valence-electron chi connectivity index (χ0n) is 11.9. The van der Waals surface area contributed by atoms with Crippen molar-refractivity contribution in [2.75, 3.05) is 26.7 Å². The molecule has 5 heteroatoms. The van der Waals surface area contributed by atoms with Crippen LogP contribution in [0, 0.1) is 5.92 Å². The summed E-state index contributed by atoms with van der Waals surface area (Å²) in [4.78, 5) is 27.6. The molecule has 0 aliphatic carbocycles. The predicted molar refractivity (Wildman–Crippen MR) is 71.8 cm³/mol. The van der Waals surface area contributed by atoms with Crippen molar-refractivity contribution in [2.45, 2.75) is 44.6 Å². The molecular weight excluding hydrogens is 244 g/mol. The smallest absolute Gasteiger partial charge is 0.329 e. The van der Waals surface area contributed by atoms with Crippen molar-refractivity contribution in [3.63, 3.8) is 0 Å². The van der Waals surface area contributed by atoms with E-state index in [4.69, 9.17) is 0 Å². The number of amides is 1. The monoisotopic (exact) mass is 268 g/mol. The highest BCUT2D eigenvalue weighted by Gasteiger charge is 2.45. The quantitative estimate of drug-likeness (QED) is 0.835. The van der Waals surface area contributed by atoms with Gasteiger partial charge in [0.15, 0.2) is 0 Å². The first-order valence-corrected chi connectivity index (χ1v) is 7.16. The van der Waals surface area contributed by atoms with Crippen LogP contribution in [0.25, 0.3) is 0 Å². The maximum atomic E-state index is 12.4. The Bertz CT molecular complexity index is 364. The van der Waals surface area contributed by atoms with Gasteiger partial charge < -0.3 is 14.9 Å². The number of carbonyl (C=O) groups excluding carboxylic acids is 1. The molecule has 0 aromatic heterocycles. The van der Waals surface area contributed by atoms with E-state index in [1.807, 2.05) is 0 Å². The largest absolute Gasteiger partial charge is 0.480 e. The van der Waals surface area contributed by atoms with E-state index in [2.05, 4.69) is 11.9 Å². The molecule has 0 saturated carbocycles.